The molecule has 6 heteroatoms. The Kier molecular flexibility index (Phi) is 4.29. The maximum atomic E-state index is 12.5. The molecule has 2 heterocycles. The molecule has 3 aromatic rings. The van der Waals surface area contributed by atoms with Crippen LogP contribution < -0.4 is 5.32 Å². The van der Waals surface area contributed by atoms with Gasteiger partial charge in [-0.2, -0.15) is 0 Å². The van der Waals surface area contributed by atoms with Crippen LogP contribution in [0.2, 0.25) is 5.15 Å². The minimum absolute atomic E-state index is 0.0531. The summed E-state index contributed by atoms with van der Waals surface area (Å²) in [6.07, 6.45) is 0. The van der Waals surface area contributed by atoms with Crippen LogP contribution in [0.25, 0.3) is 11.0 Å². The van der Waals surface area contributed by atoms with E-state index in [4.69, 9.17) is 16.6 Å². The Morgan fingerprint density at radius 2 is 1.88 bits per heavy atom. The van der Waals surface area contributed by atoms with Crippen LogP contribution in [-0.4, -0.2) is 20.4 Å². The van der Waals surface area contributed by atoms with E-state index in [-0.39, 0.29) is 11.3 Å². The van der Waals surface area contributed by atoms with Gasteiger partial charge in [-0.05, 0) is 37.3 Å². The van der Waals surface area contributed by atoms with Crippen molar-refractivity contribution in [3.05, 3.63) is 52.6 Å². The van der Waals surface area contributed by atoms with Crippen LogP contribution in [0.1, 0.15) is 42.6 Å². The van der Waals surface area contributed by atoms with Crippen molar-refractivity contribution >= 4 is 34.2 Å². The molecule has 5 nitrogen and oxygen atoms in total. The number of benzene rings is 1. The van der Waals surface area contributed by atoms with Crippen LogP contribution in [0.15, 0.2) is 30.3 Å². The van der Waals surface area contributed by atoms with Crippen LogP contribution >= 0.6 is 11.6 Å². The van der Waals surface area contributed by atoms with Gasteiger partial charge in [0.05, 0.1) is 11.0 Å². The predicted molar refractivity (Wildman–Crippen MR) is 101 cm³/mol. The van der Waals surface area contributed by atoms with Gasteiger partial charge >= 0.3 is 0 Å². The molecule has 0 saturated heterocycles. The van der Waals surface area contributed by atoms with Gasteiger partial charge in [0.2, 0.25) is 0 Å². The summed E-state index contributed by atoms with van der Waals surface area (Å²) in [5.74, 6) is 0.779. The number of anilines is 1. The molecule has 0 aliphatic carbocycles. The van der Waals surface area contributed by atoms with Gasteiger partial charge in [-0.3, -0.25) is 4.79 Å². The third-order valence-corrected chi connectivity index (χ3v) is 4.19. The molecule has 0 atom stereocenters. The molecule has 0 aliphatic heterocycles. The Bertz CT molecular complexity index is 949. The van der Waals surface area contributed by atoms with Crippen LogP contribution in [0.5, 0.6) is 0 Å². The fraction of sp³-hybridized carbons (Fsp3) is 0.316. The molecule has 1 N–H and O–H groups in total. The minimum atomic E-state index is -0.223. The van der Waals surface area contributed by atoms with E-state index in [0.29, 0.717) is 22.1 Å². The molecule has 1 amide bonds. The lowest BCUT2D eigenvalue weighted by Gasteiger charge is -2.17. The third-order valence-electron chi connectivity index (χ3n) is 3.99. The highest BCUT2D eigenvalue weighted by Gasteiger charge is 2.21. The quantitative estimate of drug-likeness (QED) is 0.688. The molecule has 3 rings (SSSR count). The first-order valence-corrected chi connectivity index (χ1v) is 8.45. The molecule has 2 aromatic heterocycles. The number of imidazole rings is 1. The van der Waals surface area contributed by atoms with Crippen molar-refractivity contribution in [2.45, 2.75) is 33.1 Å². The lowest BCUT2D eigenvalue weighted by atomic mass is 9.96. The summed E-state index contributed by atoms with van der Waals surface area (Å²) in [5, 5.41) is 3.20. The normalized spacial score (nSPS) is 11.8. The fourth-order valence-electron chi connectivity index (χ4n) is 2.91. The first kappa shape index (κ1) is 17.4. The Hall–Kier alpha value is -2.40. The largest absolute Gasteiger partial charge is 0.331 e. The zero-order valence-electron chi connectivity index (χ0n) is 15.0. The molecule has 0 fully saturated rings. The highest BCUT2D eigenvalue weighted by molar-refractivity contribution is 6.29. The average Bonchev–Trinajstić information content (AvgIpc) is 2.83. The zero-order chi connectivity index (χ0) is 18.4. The Balaban J connectivity index is 1.93. The lowest BCUT2D eigenvalue weighted by molar-refractivity contribution is 0.102. The van der Waals surface area contributed by atoms with E-state index in [2.05, 4.69) is 35.6 Å². The summed E-state index contributed by atoms with van der Waals surface area (Å²) in [6.45, 7) is 8.20. The molecule has 0 saturated carbocycles. The van der Waals surface area contributed by atoms with E-state index in [1.807, 2.05) is 25.2 Å². The number of hydrogen-bond donors (Lipinski definition) is 1. The van der Waals surface area contributed by atoms with Crippen molar-refractivity contribution in [3.63, 3.8) is 0 Å². The fourth-order valence-corrected chi connectivity index (χ4v) is 3.16. The summed E-state index contributed by atoms with van der Waals surface area (Å²) in [6, 6.07) is 9.00. The van der Waals surface area contributed by atoms with Gasteiger partial charge in [0, 0.05) is 29.4 Å². The smallest absolute Gasteiger partial charge is 0.255 e. The molecule has 0 spiro atoms. The number of amides is 1. The monoisotopic (exact) mass is 356 g/mol. The summed E-state index contributed by atoms with van der Waals surface area (Å²) in [7, 11) is 2.01. The maximum absolute atomic E-state index is 12.5. The van der Waals surface area contributed by atoms with Crippen molar-refractivity contribution < 1.29 is 4.79 Å². The Labute approximate surface area is 152 Å². The highest BCUT2D eigenvalue weighted by Crippen LogP contribution is 2.27. The van der Waals surface area contributed by atoms with Crippen LogP contribution in [-0.2, 0) is 12.5 Å². The number of nitrogens with one attached hydrogen (secondary N) is 1. The lowest BCUT2D eigenvalue weighted by Crippen LogP contribution is -2.17. The van der Waals surface area contributed by atoms with E-state index in [0.717, 1.165) is 16.9 Å². The number of nitrogens with zero attached hydrogens (tertiary/aromatic N) is 3. The topological polar surface area (TPSA) is 59.8 Å². The van der Waals surface area contributed by atoms with Crippen LogP contribution in [0.4, 0.5) is 5.69 Å². The zero-order valence-corrected chi connectivity index (χ0v) is 15.8. The van der Waals surface area contributed by atoms with Crippen molar-refractivity contribution in [1.82, 2.24) is 14.5 Å². The van der Waals surface area contributed by atoms with Gasteiger partial charge in [0.25, 0.3) is 5.91 Å². The molecule has 0 radical (unpaired) electrons. The van der Waals surface area contributed by atoms with Gasteiger partial charge in [0.1, 0.15) is 11.0 Å². The number of halogens is 1. The maximum Gasteiger partial charge on any atom is 0.255 e. The third kappa shape index (κ3) is 3.51. The number of rotatable bonds is 2. The molecular formula is C19H21ClN4O. The summed E-state index contributed by atoms with van der Waals surface area (Å²) in [5.41, 5.74) is 3.71. The van der Waals surface area contributed by atoms with Crippen LogP contribution in [0, 0.1) is 6.92 Å². The number of aryl methyl sites for hydroxylation is 2. The number of carbonyl (C=O) groups excluding carboxylic acids is 1. The summed E-state index contributed by atoms with van der Waals surface area (Å²) < 4.78 is 2.09. The van der Waals surface area contributed by atoms with Crippen molar-refractivity contribution in [2.75, 3.05) is 5.32 Å². The first-order chi connectivity index (χ1) is 11.6. The molecule has 130 valence electrons. The van der Waals surface area contributed by atoms with E-state index in [9.17, 15) is 4.79 Å². The summed E-state index contributed by atoms with van der Waals surface area (Å²) >= 11 is 5.93. The first-order valence-electron chi connectivity index (χ1n) is 8.07. The molecule has 0 aliphatic rings. The number of carbonyl (C=O) groups is 1. The molecule has 1 aromatic carbocycles. The van der Waals surface area contributed by atoms with E-state index < -0.39 is 0 Å². The number of aromatic nitrogens is 3. The molecular weight excluding hydrogens is 336 g/mol. The predicted octanol–water partition coefficient (Wildman–Crippen LogP) is 4.48. The Morgan fingerprint density at radius 1 is 1.16 bits per heavy atom. The minimum Gasteiger partial charge on any atom is -0.331 e. The van der Waals surface area contributed by atoms with Gasteiger partial charge in [-0.15, -0.1) is 0 Å². The molecule has 25 heavy (non-hydrogen) atoms. The standard InChI is InChI=1S/C19H21ClN4O/c1-11-8-12(9-16(20)21-11)17(25)22-13-6-7-15-14(10-13)23-18(24(15)5)19(2,3)4/h6-10H,1-5H3,(H,22,25). The number of fused-ring (bicyclic) bond motifs is 1. The van der Waals surface area contributed by atoms with E-state index in [1.54, 1.807) is 19.1 Å². The second-order valence-corrected chi connectivity index (χ2v) is 7.61. The second kappa shape index (κ2) is 6.15. The molecule has 0 unspecified atom stereocenters. The van der Waals surface area contributed by atoms with Gasteiger partial charge < -0.3 is 9.88 Å². The summed E-state index contributed by atoms with van der Waals surface area (Å²) in [4.78, 5) is 21.3. The van der Waals surface area contributed by atoms with E-state index in [1.165, 1.54) is 0 Å². The van der Waals surface area contributed by atoms with Crippen LogP contribution in [0.3, 0.4) is 0 Å². The Morgan fingerprint density at radius 3 is 2.52 bits per heavy atom. The number of hydrogen-bond acceptors (Lipinski definition) is 3. The van der Waals surface area contributed by atoms with Crippen molar-refractivity contribution in [2.24, 2.45) is 7.05 Å². The highest BCUT2D eigenvalue weighted by atomic mass is 35.5. The number of pyridine rings is 1. The van der Waals surface area contributed by atoms with Gasteiger partial charge in [-0.25, -0.2) is 9.97 Å². The van der Waals surface area contributed by atoms with Gasteiger partial charge in [0.15, 0.2) is 0 Å². The van der Waals surface area contributed by atoms with Crippen molar-refractivity contribution in [1.29, 1.82) is 0 Å². The van der Waals surface area contributed by atoms with Crippen molar-refractivity contribution in [3.8, 4) is 0 Å². The van der Waals surface area contributed by atoms with E-state index >= 15 is 0 Å². The average molecular weight is 357 g/mol. The van der Waals surface area contributed by atoms with Gasteiger partial charge in [-0.1, -0.05) is 32.4 Å². The SMILES string of the molecule is Cc1cc(C(=O)Nc2ccc3c(c2)nc(C(C)(C)C)n3C)cc(Cl)n1. The molecule has 0 bridgehead atoms. The second-order valence-electron chi connectivity index (χ2n) is 7.22.